The number of hydrogen-bond acceptors (Lipinski definition) is 2. The van der Waals surface area contributed by atoms with E-state index in [-0.39, 0.29) is 17.5 Å². The summed E-state index contributed by atoms with van der Waals surface area (Å²) in [5.41, 5.74) is -0.609. The Hall–Kier alpha value is -1.04. The maximum atomic E-state index is 12.8. The normalized spacial score (nSPS) is 26.0. The van der Waals surface area contributed by atoms with Crippen LogP contribution < -0.4 is 5.32 Å². The second-order valence-electron chi connectivity index (χ2n) is 6.59. The van der Waals surface area contributed by atoms with Crippen molar-refractivity contribution in [1.82, 2.24) is 15.1 Å². The van der Waals surface area contributed by atoms with E-state index in [0.29, 0.717) is 0 Å². The van der Waals surface area contributed by atoms with Gasteiger partial charge in [0.1, 0.15) is 0 Å². The van der Waals surface area contributed by atoms with Gasteiger partial charge in [-0.15, -0.1) is 0 Å². The van der Waals surface area contributed by atoms with Crippen LogP contribution >= 0.6 is 0 Å². The zero-order valence-electron chi connectivity index (χ0n) is 12.9. The van der Waals surface area contributed by atoms with Crippen molar-refractivity contribution in [2.75, 3.05) is 6.54 Å². The van der Waals surface area contributed by atoms with E-state index in [1.807, 2.05) is 0 Å². The molecule has 1 aliphatic carbocycles. The fourth-order valence-corrected chi connectivity index (χ4v) is 3.27. The molecule has 1 N–H and O–H groups in total. The summed E-state index contributed by atoms with van der Waals surface area (Å²) in [6.45, 7) is 7.33. The molecular formula is C15H24F3N3. The van der Waals surface area contributed by atoms with Crippen molar-refractivity contribution in [3.05, 3.63) is 18.0 Å². The Balaban J connectivity index is 2.24. The lowest BCUT2D eigenvalue weighted by molar-refractivity contribution is -0.137. The third kappa shape index (κ3) is 3.59. The molecule has 2 rings (SSSR count). The molecule has 1 aromatic rings. The first-order valence-electron chi connectivity index (χ1n) is 7.60. The highest BCUT2D eigenvalue weighted by atomic mass is 19.4. The maximum Gasteiger partial charge on any atom is 0.419 e. The molecule has 2 atom stereocenters. The molecular weight excluding hydrogens is 279 g/mol. The summed E-state index contributed by atoms with van der Waals surface area (Å²) in [6.07, 6.45) is 1.72. The zero-order chi connectivity index (χ0) is 15.7. The molecule has 1 heterocycles. The van der Waals surface area contributed by atoms with Crippen LogP contribution in [0.15, 0.2) is 12.4 Å². The number of rotatable bonds is 4. The van der Waals surface area contributed by atoms with E-state index in [4.69, 9.17) is 0 Å². The van der Waals surface area contributed by atoms with Crippen LogP contribution in [0, 0.1) is 5.41 Å². The highest BCUT2D eigenvalue weighted by Crippen LogP contribution is 2.41. The lowest BCUT2D eigenvalue weighted by Crippen LogP contribution is -2.50. The van der Waals surface area contributed by atoms with Gasteiger partial charge in [0.15, 0.2) is 0 Å². The molecule has 0 aromatic carbocycles. The molecule has 0 amide bonds. The van der Waals surface area contributed by atoms with E-state index in [0.717, 1.165) is 44.6 Å². The first kappa shape index (κ1) is 16.3. The third-order valence-electron chi connectivity index (χ3n) is 4.43. The summed E-state index contributed by atoms with van der Waals surface area (Å²) >= 11 is 0. The monoisotopic (exact) mass is 303 g/mol. The van der Waals surface area contributed by atoms with Crippen molar-refractivity contribution >= 4 is 0 Å². The van der Waals surface area contributed by atoms with Gasteiger partial charge in [-0.1, -0.05) is 27.2 Å². The predicted octanol–water partition coefficient (Wildman–Crippen LogP) is 4.02. The number of nitrogens with zero attached hydrogens (tertiary/aromatic N) is 2. The largest absolute Gasteiger partial charge is 0.419 e. The first-order valence-corrected chi connectivity index (χ1v) is 7.60. The van der Waals surface area contributed by atoms with E-state index in [2.05, 4.69) is 31.2 Å². The topological polar surface area (TPSA) is 29.9 Å². The minimum atomic E-state index is -4.32. The second kappa shape index (κ2) is 5.99. The maximum absolute atomic E-state index is 12.8. The van der Waals surface area contributed by atoms with Crippen LogP contribution in [0.4, 0.5) is 13.2 Å². The molecule has 0 spiro atoms. The van der Waals surface area contributed by atoms with Crippen LogP contribution in [0.2, 0.25) is 0 Å². The fourth-order valence-electron chi connectivity index (χ4n) is 3.27. The Morgan fingerprint density at radius 2 is 2.14 bits per heavy atom. The van der Waals surface area contributed by atoms with Crippen molar-refractivity contribution in [1.29, 1.82) is 0 Å². The van der Waals surface area contributed by atoms with Gasteiger partial charge in [0.25, 0.3) is 0 Å². The fraction of sp³-hybridized carbons (Fsp3) is 0.800. The zero-order valence-corrected chi connectivity index (χ0v) is 12.9. The van der Waals surface area contributed by atoms with Crippen molar-refractivity contribution in [3.63, 3.8) is 0 Å². The van der Waals surface area contributed by atoms with Gasteiger partial charge in [0.2, 0.25) is 0 Å². The molecule has 120 valence electrons. The summed E-state index contributed by atoms with van der Waals surface area (Å²) in [4.78, 5) is 0. The molecule has 21 heavy (non-hydrogen) atoms. The van der Waals surface area contributed by atoms with Crippen LogP contribution in [-0.4, -0.2) is 22.4 Å². The number of alkyl halides is 3. The Morgan fingerprint density at radius 3 is 2.71 bits per heavy atom. The van der Waals surface area contributed by atoms with E-state index in [1.54, 1.807) is 0 Å². The van der Waals surface area contributed by atoms with Gasteiger partial charge in [-0.25, -0.2) is 0 Å². The molecule has 1 aliphatic rings. The Kier molecular flexibility index (Phi) is 4.66. The third-order valence-corrected chi connectivity index (χ3v) is 4.43. The number of nitrogens with one attached hydrogen (secondary N) is 1. The molecule has 1 fully saturated rings. The molecule has 0 saturated heterocycles. The van der Waals surface area contributed by atoms with Gasteiger partial charge in [0, 0.05) is 12.2 Å². The van der Waals surface area contributed by atoms with Crippen molar-refractivity contribution in [3.8, 4) is 0 Å². The molecule has 1 aromatic heterocycles. The number of hydrogen-bond donors (Lipinski definition) is 1. The highest BCUT2D eigenvalue weighted by molar-refractivity contribution is 5.10. The lowest BCUT2D eigenvalue weighted by atomic mass is 9.70. The van der Waals surface area contributed by atoms with Gasteiger partial charge in [-0.3, -0.25) is 4.68 Å². The highest BCUT2D eigenvalue weighted by Gasteiger charge is 2.41. The minimum absolute atomic E-state index is 0.0172. The predicted molar refractivity (Wildman–Crippen MR) is 76.0 cm³/mol. The average molecular weight is 303 g/mol. The Labute approximate surface area is 123 Å². The molecule has 6 heteroatoms. The molecule has 0 bridgehead atoms. The van der Waals surface area contributed by atoms with E-state index < -0.39 is 11.7 Å². The molecule has 3 nitrogen and oxygen atoms in total. The summed E-state index contributed by atoms with van der Waals surface area (Å²) in [7, 11) is 0. The van der Waals surface area contributed by atoms with Crippen LogP contribution in [0.25, 0.3) is 0 Å². The van der Waals surface area contributed by atoms with Crippen LogP contribution in [0.1, 0.15) is 58.1 Å². The summed E-state index contributed by atoms with van der Waals surface area (Å²) in [5, 5.41) is 7.50. The Morgan fingerprint density at radius 1 is 1.43 bits per heavy atom. The van der Waals surface area contributed by atoms with E-state index in [1.165, 1.54) is 4.68 Å². The summed E-state index contributed by atoms with van der Waals surface area (Å²) in [5.74, 6) is 0. The smallest absolute Gasteiger partial charge is 0.311 e. The summed E-state index contributed by atoms with van der Waals surface area (Å²) in [6, 6.07) is 0.128. The first-order chi connectivity index (χ1) is 9.75. The van der Waals surface area contributed by atoms with E-state index in [9.17, 15) is 13.2 Å². The van der Waals surface area contributed by atoms with Crippen LogP contribution in [-0.2, 0) is 6.18 Å². The molecule has 0 radical (unpaired) electrons. The summed E-state index contributed by atoms with van der Waals surface area (Å²) < 4.78 is 39.8. The van der Waals surface area contributed by atoms with Crippen molar-refractivity contribution in [2.45, 2.75) is 64.7 Å². The molecule has 0 aliphatic heterocycles. The Bertz CT molecular complexity index is 465. The lowest BCUT2D eigenvalue weighted by Gasteiger charge is -2.44. The van der Waals surface area contributed by atoms with Crippen molar-refractivity contribution in [2.24, 2.45) is 5.41 Å². The number of halogens is 3. The second-order valence-corrected chi connectivity index (χ2v) is 6.59. The molecule has 1 saturated carbocycles. The average Bonchev–Trinajstić information content (AvgIpc) is 2.85. The van der Waals surface area contributed by atoms with Gasteiger partial charge < -0.3 is 5.32 Å². The number of aromatic nitrogens is 2. The van der Waals surface area contributed by atoms with Crippen molar-refractivity contribution < 1.29 is 13.2 Å². The quantitative estimate of drug-likeness (QED) is 0.910. The van der Waals surface area contributed by atoms with Crippen LogP contribution in [0.5, 0.6) is 0 Å². The van der Waals surface area contributed by atoms with Crippen LogP contribution in [0.3, 0.4) is 0 Å². The van der Waals surface area contributed by atoms with Gasteiger partial charge >= 0.3 is 6.18 Å². The standard InChI is InChI=1S/C15H24F3N3/c1-4-8-19-13-12(6-5-7-14(13,2)3)21-10-11(9-20-21)15(16,17)18/h9-10,12-13,19H,4-8H2,1-3H3. The van der Waals surface area contributed by atoms with Gasteiger partial charge in [0.05, 0.1) is 17.8 Å². The van der Waals surface area contributed by atoms with E-state index >= 15 is 0 Å². The minimum Gasteiger partial charge on any atom is -0.311 e. The van der Waals surface area contributed by atoms with Gasteiger partial charge in [-0.2, -0.15) is 18.3 Å². The SMILES string of the molecule is CCCNC1C(n2cc(C(F)(F)F)cn2)CCCC1(C)C. The molecule has 2 unspecified atom stereocenters. The van der Waals surface area contributed by atoms with Gasteiger partial charge in [-0.05, 0) is 31.2 Å².